The second kappa shape index (κ2) is 6.97. The number of aliphatic hydroxyl groups is 1. The lowest BCUT2D eigenvalue weighted by Crippen LogP contribution is -2.24. The van der Waals surface area contributed by atoms with Crippen LogP contribution in [0, 0.1) is 0 Å². The highest BCUT2D eigenvalue weighted by Gasteiger charge is 2.11. The molecule has 0 fully saturated rings. The average molecular weight is 330 g/mol. The summed E-state index contributed by atoms with van der Waals surface area (Å²) in [6.45, 7) is 0.508. The summed E-state index contributed by atoms with van der Waals surface area (Å²) in [5.41, 5.74) is 1.72. The first-order valence-electron chi connectivity index (χ1n) is 7.40. The molecule has 1 aromatic carbocycles. The molecule has 1 N–H and O–H groups in total. The van der Waals surface area contributed by atoms with Gasteiger partial charge in [0, 0.05) is 37.7 Å². The molecule has 0 aliphatic rings. The number of fused-ring (bicyclic) bond motifs is 1. The van der Waals surface area contributed by atoms with Gasteiger partial charge < -0.3 is 5.11 Å². The van der Waals surface area contributed by atoms with E-state index >= 15 is 0 Å². The molecular formula is C16H18N4O2S. The van der Waals surface area contributed by atoms with Gasteiger partial charge in [0.25, 0.3) is 5.56 Å². The summed E-state index contributed by atoms with van der Waals surface area (Å²) in [6.07, 6.45) is 4.29. The predicted octanol–water partition coefficient (Wildman–Crippen LogP) is 1.80. The molecule has 2 aromatic heterocycles. The lowest BCUT2D eigenvalue weighted by molar-refractivity contribution is 0.276. The van der Waals surface area contributed by atoms with E-state index in [1.54, 1.807) is 15.3 Å². The fraction of sp³-hybridized carbons (Fsp3) is 0.312. The van der Waals surface area contributed by atoms with Crippen LogP contribution in [0.3, 0.4) is 0 Å². The van der Waals surface area contributed by atoms with Crippen molar-refractivity contribution in [1.82, 2.24) is 19.3 Å². The summed E-state index contributed by atoms with van der Waals surface area (Å²) >= 11 is 1.51. The molecule has 0 saturated carbocycles. The lowest BCUT2D eigenvalue weighted by Gasteiger charge is -2.12. The molecule has 0 aliphatic heterocycles. The van der Waals surface area contributed by atoms with Gasteiger partial charge in [0.15, 0.2) is 5.16 Å². The van der Waals surface area contributed by atoms with E-state index in [2.05, 4.69) is 10.1 Å². The molecule has 6 nitrogen and oxygen atoms in total. The molecule has 0 radical (unpaired) electrons. The highest BCUT2D eigenvalue weighted by atomic mass is 32.2. The Morgan fingerprint density at radius 3 is 2.87 bits per heavy atom. The molecule has 0 unspecified atom stereocenters. The molecule has 0 bridgehead atoms. The Balaban J connectivity index is 1.97. The monoisotopic (exact) mass is 330 g/mol. The summed E-state index contributed by atoms with van der Waals surface area (Å²) in [5, 5.41) is 14.5. The second-order valence-corrected chi connectivity index (χ2v) is 6.20. The van der Waals surface area contributed by atoms with Crippen molar-refractivity contribution in [3.63, 3.8) is 0 Å². The quantitative estimate of drug-likeness (QED) is 0.551. The van der Waals surface area contributed by atoms with Gasteiger partial charge in [-0.1, -0.05) is 23.9 Å². The van der Waals surface area contributed by atoms with Crippen LogP contribution in [0.2, 0.25) is 0 Å². The maximum atomic E-state index is 12.7. The smallest absolute Gasteiger partial charge is 0.262 e. The van der Waals surface area contributed by atoms with Gasteiger partial charge in [0.2, 0.25) is 0 Å². The first-order valence-corrected chi connectivity index (χ1v) is 8.38. The highest BCUT2D eigenvalue weighted by molar-refractivity contribution is 7.98. The number of aryl methyl sites for hydroxylation is 1. The topological polar surface area (TPSA) is 72.9 Å². The van der Waals surface area contributed by atoms with Crippen molar-refractivity contribution in [2.24, 2.45) is 7.05 Å². The standard InChI is InChI=1S/C16H18N4O2S/c1-19-10-12(9-17-19)11-23-16-18-14-6-3-2-5-13(14)15(22)20(16)7-4-8-21/h2-3,5-6,9-10,21H,4,7-8,11H2,1H3. The number of benzene rings is 1. The third kappa shape index (κ3) is 3.46. The lowest BCUT2D eigenvalue weighted by atomic mass is 10.2. The third-order valence-electron chi connectivity index (χ3n) is 3.49. The normalized spacial score (nSPS) is 11.2. The minimum absolute atomic E-state index is 0.0476. The maximum Gasteiger partial charge on any atom is 0.262 e. The van der Waals surface area contributed by atoms with Gasteiger partial charge >= 0.3 is 0 Å². The number of hydrogen-bond donors (Lipinski definition) is 1. The van der Waals surface area contributed by atoms with E-state index in [1.807, 2.05) is 37.6 Å². The molecule has 120 valence electrons. The van der Waals surface area contributed by atoms with Crippen molar-refractivity contribution in [3.8, 4) is 0 Å². The number of rotatable bonds is 6. The maximum absolute atomic E-state index is 12.7. The van der Waals surface area contributed by atoms with Crippen molar-refractivity contribution in [2.75, 3.05) is 6.61 Å². The first kappa shape index (κ1) is 15.8. The number of para-hydroxylation sites is 1. The van der Waals surface area contributed by atoms with Gasteiger partial charge in [-0.25, -0.2) is 4.98 Å². The van der Waals surface area contributed by atoms with Crippen LogP contribution in [0.25, 0.3) is 10.9 Å². The Kier molecular flexibility index (Phi) is 4.78. The Bertz CT molecular complexity index is 872. The highest BCUT2D eigenvalue weighted by Crippen LogP contribution is 2.22. The second-order valence-electron chi connectivity index (χ2n) is 5.26. The number of aromatic nitrogens is 4. The van der Waals surface area contributed by atoms with Crippen LogP contribution in [-0.2, 0) is 19.3 Å². The number of nitrogens with zero attached hydrogens (tertiary/aromatic N) is 4. The fourth-order valence-corrected chi connectivity index (χ4v) is 3.32. The van der Waals surface area contributed by atoms with Gasteiger partial charge in [-0.3, -0.25) is 14.0 Å². The predicted molar refractivity (Wildman–Crippen MR) is 90.5 cm³/mol. The van der Waals surface area contributed by atoms with Crippen molar-refractivity contribution >= 4 is 22.7 Å². The van der Waals surface area contributed by atoms with E-state index in [-0.39, 0.29) is 12.2 Å². The van der Waals surface area contributed by atoms with E-state index in [9.17, 15) is 4.79 Å². The Morgan fingerprint density at radius 1 is 1.30 bits per heavy atom. The summed E-state index contributed by atoms with van der Waals surface area (Å²) in [7, 11) is 1.87. The van der Waals surface area contributed by atoms with E-state index in [4.69, 9.17) is 5.11 Å². The SMILES string of the molecule is Cn1cc(CSc2nc3ccccc3c(=O)n2CCCO)cn1. The van der Waals surface area contributed by atoms with Gasteiger partial charge in [-0.05, 0) is 18.6 Å². The molecule has 7 heteroatoms. The fourth-order valence-electron chi connectivity index (χ4n) is 2.38. The van der Waals surface area contributed by atoms with Crippen LogP contribution in [0.4, 0.5) is 0 Å². The van der Waals surface area contributed by atoms with Crippen LogP contribution in [0.5, 0.6) is 0 Å². The van der Waals surface area contributed by atoms with Crippen LogP contribution >= 0.6 is 11.8 Å². The average Bonchev–Trinajstić information content (AvgIpc) is 2.98. The molecule has 3 aromatic rings. The van der Waals surface area contributed by atoms with Crippen molar-refractivity contribution in [3.05, 3.63) is 52.6 Å². The zero-order valence-electron chi connectivity index (χ0n) is 12.8. The molecule has 0 aliphatic carbocycles. The van der Waals surface area contributed by atoms with Crippen LogP contribution in [-0.4, -0.2) is 31.0 Å². The van der Waals surface area contributed by atoms with Crippen LogP contribution < -0.4 is 5.56 Å². The van der Waals surface area contributed by atoms with Gasteiger partial charge in [0.05, 0.1) is 17.1 Å². The van der Waals surface area contributed by atoms with Gasteiger partial charge in [-0.15, -0.1) is 0 Å². The molecule has 0 amide bonds. The number of aliphatic hydroxyl groups excluding tert-OH is 1. The molecule has 0 atom stereocenters. The van der Waals surface area contributed by atoms with Crippen molar-refractivity contribution < 1.29 is 5.11 Å². The van der Waals surface area contributed by atoms with Gasteiger partial charge in [0.1, 0.15) is 0 Å². The van der Waals surface area contributed by atoms with Gasteiger partial charge in [-0.2, -0.15) is 5.10 Å². The minimum atomic E-state index is -0.0577. The largest absolute Gasteiger partial charge is 0.396 e. The van der Waals surface area contributed by atoms with E-state index in [1.165, 1.54) is 11.8 Å². The number of hydrogen-bond acceptors (Lipinski definition) is 5. The third-order valence-corrected chi connectivity index (χ3v) is 4.54. The molecule has 0 spiro atoms. The zero-order chi connectivity index (χ0) is 16.2. The summed E-state index contributed by atoms with van der Waals surface area (Å²) in [6, 6.07) is 7.35. The summed E-state index contributed by atoms with van der Waals surface area (Å²) < 4.78 is 3.40. The minimum Gasteiger partial charge on any atom is -0.396 e. The molecular weight excluding hydrogens is 312 g/mol. The summed E-state index contributed by atoms with van der Waals surface area (Å²) in [4.78, 5) is 17.3. The van der Waals surface area contributed by atoms with E-state index in [0.29, 0.717) is 34.8 Å². The van der Waals surface area contributed by atoms with Crippen molar-refractivity contribution in [2.45, 2.75) is 23.9 Å². The van der Waals surface area contributed by atoms with E-state index in [0.717, 1.165) is 5.56 Å². The zero-order valence-corrected chi connectivity index (χ0v) is 13.7. The molecule has 0 saturated heterocycles. The molecule has 2 heterocycles. The molecule has 23 heavy (non-hydrogen) atoms. The van der Waals surface area contributed by atoms with E-state index < -0.39 is 0 Å². The first-order chi connectivity index (χ1) is 11.2. The van der Waals surface area contributed by atoms with Crippen LogP contribution in [0.15, 0.2) is 46.6 Å². The molecule has 3 rings (SSSR count). The Morgan fingerprint density at radius 2 is 2.13 bits per heavy atom. The Hall–Kier alpha value is -2.12. The summed E-state index contributed by atoms with van der Waals surface area (Å²) in [5.74, 6) is 0.692. The Labute approximate surface area is 137 Å². The van der Waals surface area contributed by atoms with Crippen LogP contribution in [0.1, 0.15) is 12.0 Å². The number of thioether (sulfide) groups is 1. The van der Waals surface area contributed by atoms with Crippen molar-refractivity contribution in [1.29, 1.82) is 0 Å².